The zero-order valence-corrected chi connectivity index (χ0v) is 17.5. The molecule has 1 N–H and O–H groups in total. The molecule has 1 amide bonds. The summed E-state index contributed by atoms with van der Waals surface area (Å²) in [5.74, 6) is 1.30. The first-order chi connectivity index (χ1) is 13.5. The topological polar surface area (TPSA) is 80.6 Å². The van der Waals surface area contributed by atoms with Crippen LogP contribution in [0.2, 0.25) is 0 Å². The molecular weight excluding hydrogens is 424 g/mol. The molecule has 0 atom stereocenters. The number of carbonyl (C=O) groups excluding carboxylic acids is 1. The predicted octanol–water partition coefficient (Wildman–Crippen LogP) is 4.80. The lowest BCUT2D eigenvalue weighted by molar-refractivity contribution is -0.112. The number of halogens is 1. The average molecular weight is 445 g/mol. The maximum Gasteiger partial charge on any atom is 0.266 e. The summed E-state index contributed by atoms with van der Waals surface area (Å²) in [6.07, 6.45) is 1.50. The van der Waals surface area contributed by atoms with E-state index in [4.69, 9.17) is 14.2 Å². The van der Waals surface area contributed by atoms with E-state index in [9.17, 15) is 10.1 Å². The fourth-order valence-electron chi connectivity index (χ4n) is 2.41. The van der Waals surface area contributed by atoms with Crippen molar-refractivity contribution in [2.45, 2.75) is 13.8 Å². The van der Waals surface area contributed by atoms with Gasteiger partial charge in [-0.2, -0.15) is 5.26 Å². The molecule has 6 nitrogen and oxygen atoms in total. The Kier molecular flexibility index (Phi) is 7.90. The van der Waals surface area contributed by atoms with Gasteiger partial charge in [0.2, 0.25) is 0 Å². The van der Waals surface area contributed by atoms with Gasteiger partial charge < -0.3 is 19.5 Å². The number of nitrogens with one attached hydrogen (secondary N) is 1. The third kappa shape index (κ3) is 5.51. The lowest BCUT2D eigenvalue weighted by Crippen LogP contribution is -2.13. The maximum atomic E-state index is 12.5. The number of ether oxygens (including phenoxy) is 3. The van der Waals surface area contributed by atoms with E-state index >= 15 is 0 Å². The zero-order chi connectivity index (χ0) is 20.5. The largest absolute Gasteiger partial charge is 0.497 e. The van der Waals surface area contributed by atoms with Crippen LogP contribution >= 0.6 is 15.9 Å². The number of carbonyl (C=O) groups is 1. The number of anilines is 1. The lowest BCUT2D eigenvalue weighted by atomic mass is 10.1. The van der Waals surface area contributed by atoms with Crippen LogP contribution in [-0.2, 0) is 4.79 Å². The average Bonchev–Trinajstić information content (AvgIpc) is 2.69. The van der Waals surface area contributed by atoms with Crippen LogP contribution in [0, 0.1) is 11.3 Å². The molecule has 2 aromatic carbocycles. The lowest BCUT2D eigenvalue weighted by Gasteiger charge is -2.13. The minimum atomic E-state index is -0.504. The van der Waals surface area contributed by atoms with Crippen LogP contribution in [0.15, 0.2) is 46.4 Å². The summed E-state index contributed by atoms with van der Waals surface area (Å²) in [6.45, 7) is 4.70. The number of hydrogen-bond acceptors (Lipinski definition) is 5. The van der Waals surface area contributed by atoms with Crippen molar-refractivity contribution in [2.24, 2.45) is 0 Å². The highest BCUT2D eigenvalue weighted by Gasteiger charge is 2.14. The van der Waals surface area contributed by atoms with Gasteiger partial charge in [0.25, 0.3) is 5.91 Å². The van der Waals surface area contributed by atoms with Crippen molar-refractivity contribution in [3.63, 3.8) is 0 Å². The summed E-state index contributed by atoms with van der Waals surface area (Å²) in [6, 6.07) is 12.3. The molecule has 0 saturated heterocycles. The first-order valence-corrected chi connectivity index (χ1v) is 9.48. The molecule has 0 unspecified atom stereocenters. The van der Waals surface area contributed by atoms with E-state index < -0.39 is 5.91 Å². The second-order valence-electron chi connectivity index (χ2n) is 5.55. The second kappa shape index (κ2) is 10.4. The van der Waals surface area contributed by atoms with Crippen LogP contribution in [0.1, 0.15) is 19.4 Å². The molecule has 0 aliphatic rings. The number of hydrogen-bond donors (Lipinski definition) is 1. The van der Waals surface area contributed by atoms with Crippen molar-refractivity contribution < 1.29 is 19.0 Å². The molecule has 0 fully saturated rings. The summed E-state index contributed by atoms with van der Waals surface area (Å²) < 4.78 is 17.0. The van der Waals surface area contributed by atoms with Gasteiger partial charge in [-0.15, -0.1) is 0 Å². The molecule has 2 rings (SSSR count). The van der Waals surface area contributed by atoms with Crippen LogP contribution in [0.4, 0.5) is 5.69 Å². The van der Waals surface area contributed by atoms with Crippen LogP contribution in [0.3, 0.4) is 0 Å². The van der Waals surface area contributed by atoms with E-state index in [2.05, 4.69) is 21.2 Å². The van der Waals surface area contributed by atoms with Crippen LogP contribution in [0.25, 0.3) is 6.08 Å². The summed E-state index contributed by atoms with van der Waals surface area (Å²) >= 11 is 3.46. The predicted molar refractivity (Wildman–Crippen MR) is 112 cm³/mol. The van der Waals surface area contributed by atoms with E-state index in [1.54, 1.807) is 43.5 Å². The molecule has 0 heterocycles. The second-order valence-corrected chi connectivity index (χ2v) is 6.40. The molecular formula is C21H21BrN2O4. The van der Waals surface area contributed by atoms with Crippen molar-refractivity contribution in [2.75, 3.05) is 25.6 Å². The van der Waals surface area contributed by atoms with Crippen LogP contribution in [-0.4, -0.2) is 26.2 Å². The van der Waals surface area contributed by atoms with Gasteiger partial charge in [0.05, 0.1) is 24.8 Å². The Bertz CT molecular complexity index is 902. The number of methoxy groups -OCH3 is 1. The Labute approximate surface area is 172 Å². The van der Waals surface area contributed by atoms with Gasteiger partial charge in [0.1, 0.15) is 17.4 Å². The molecule has 0 saturated carbocycles. The van der Waals surface area contributed by atoms with E-state index in [1.165, 1.54) is 6.08 Å². The van der Waals surface area contributed by atoms with E-state index in [-0.39, 0.29) is 5.57 Å². The van der Waals surface area contributed by atoms with Crippen LogP contribution in [0.5, 0.6) is 17.2 Å². The normalized spacial score (nSPS) is 10.8. The minimum Gasteiger partial charge on any atom is -0.497 e. The molecule has 0 aliphatic carbocycles. The van der Waals surface area contributed by atoms with Gasteiger partial charge in [0, 0.05) is 5.69 Å². The molecule has 28 heavy (non-hydrogen) atoms. The van der Waals surface area contributed by atoms with E-state index in [1.807, 2.05) is 19.9 Å². The Balaban J connectivity index is 2.29. The minimum absolute atomic E-state index is 0.0330. The highest BCUT2D eigenvalue weighted by molar-refractivity contribution is 9.10. The van der Waals surface area contributed by atoms with Gasteiger partial charge in [-0.1, -0.05) is 0 Å². The quantitative estimate of drug-likeness (QED) is 0.467. The Hall–Kier alpha value is -2.98. The van der Waals surface area contributed by atoms with Gasteiger partial charge in [-0.3, -0.25) is 4.79 Å². The fraction of sp³-hybridized carbons (Fsp3) is 0.238. The van der Waals surface area contributed by atoms with Gasteiger partial charge >= 0.3 is 0 Å². The Morgan fingerprint density at radius 3 is 2.43 bits per heavy atom. The van der Waals surface area contributed by atoms with E-state index in [0.29, 0.717) is 46.2 Å². The Morgan fingerprint density at radius 2 is 1.86 bits per heavy atom. The standard InChI is InChI=1S/C21H21BrN2O4/c1-4-27-19-12-14(11-18(22)20(19)28-5-2)10-15(13-23)21(25)24-16-6-8-17(26-3)9-7-16/h6-12H,4-5H2,1-3H3,(H,24,25)/b15-10+. The molecule has 0 bridgehead atoms. The third-order valence-corrected chi connectivity index (χ3v) is 4.23. The highest BCUT2D eigenvalue weighted by atomic mass is 79.9. The molecule has 0 aromatic heterocycles. The molecule has 146 valence electrons. The molecule has 0 aliphatic heterocycles. The van der Waals surface area contributed by atoms with Gasteiger partial charge in [0.15, 0.2) is 11.5 Å². The fourth-order valence-corrected chi connectivity index (χ4v) is 2.98. The third-order valence-electron chi connectivity index (χ3n) is 3.64. The number of nitriles is 1. The summed E-state index contributed by atoms with van der Waals surface area (Å²) in [7, 11) is 1.57. The van der Waals surface area contributed by atoms with Gasteiger partial charge in [-0.05, 0) is 77.8 Å². The van der Waals surface area contributed by atoms with Crippen molar-refractivity contribution in [1.82, 2.24) is 0 Å². The molecule has 7 heteroatoms. The highest BCUT2D eigenvalue weighted by Crippen LogP contribution is 2.37. The van der Waals surface area contributed by atoms with Crippen molar-refractivity contribution >= 4 is 33.6 Å². The number of benzene rings is 2. The monoisotopic (exact) mass is 444 g/mol. The van der Waals surface area contributed by atoms with Crippen LogP contribution < -0.4 is 19.5 Å². The van der Waals surface area contributed by atoms with Crippen molar-refractivity contribution in [3.8, 4) is 23.3 Å². The van der Waals surface area contributed by atoms with Crippen molar-refractivity contribution in [3.05, 3.63) is 52.0 Å². The van der Waals surface area contributed by atoms with Gasteiger partial charge in [-0.25, -0.2) is 0 Å². The smallest absolute Gasteiger partial charge is 0.266 e. The first kappa shape index (κ1) is 21.3. The summed E-state index contributed by atoms with van der Waals surface area (Å²) in [5, 5.41) is 12.1. The summed E-state index contributed by atoms with van der Waals surface area (Å²) in [5.41, 5.74) is 1.17. The summed E-state index contributed by atoms with van der Waals surface area (Å²) in [4.78, 5) is 12.5. The SMILES string of the molecule is CCOc1cc(/C=C(\C#N)C(=O)Nc2ccc(OC)cc2)cc(Br)c1OCC. The van der Waals surface area contributed by atoms with Crippen molar-refractivity contribution in [1.29, 1.82) is 5.26 Å². The molecule has 0 spiro atoms. The zero-order valence-electron chi connectivity index (χ0n) is 15.9. The molecule has 2 aromatic rings. The van der Waals surface area contributed by atoms with E-state index in [0.717, 1.165) is 0 Å². The molecule has 0 radical (unpaired) electrons. The number of amides is 1. The maximum absolute atomic E-state index is 12.5. The number of rotatable bonds is 8. The Morgan fingerprint density at radius 1 is 1.18 bits per heavy atom. The first-order valence-electron chi connectivity index (χ1n) is 8.68. The number of nitrogens with zero attached hydrogens (tertiary/aromatic N) is 1.